The van der Waals surface area contributed by atoms with Gasteiger partial charge >= 0.3 is 0 Å². The number of aromatic nitrogens is 1. The van der Waals surface area contributed by atoms with Crippen molar-refractivity contribution in [1.29, 1.82) is 0 Å². The molecule has 0 bridgehead atoms. The number of ether oxygens (including phenoxy) is 1. The monoisotopic (exact) mass is 283 g/mol. The van der Waals surface area contributed by atoms with Gasteiger partial charge in [0.15, 0.2) is 0 Å². The quantitative estimate of drug-likeness (QED) is 0.869. The van der Waals surface area contributed by atoms with Gasteiger partial charge in [-0.25, -0.2) is 4.98 Å². The number of nitrogens with one attached hydrogen (secondary N) is 1. The maximum Gasteiger partial charge on any atom is 0.109 e. The topological polar surface area (TPSA) is 37.4 Å². The van der Waals surface area contributed by atoms with Crippen molar-refractivity contribution in [1.82, 2.24) is 15.2 Å². The molecule has 19 heavy (non-hydrogen) atoms. The zero-order chi connectivity index (χ0) is 13.7. The van der Waals surface area contributed by atoms with Crippen LogP contribution in [0.1, 0.15) is 38.2 Å². The normalized spacial score (nSPS) is 22.8. The Morgan fingerprint density at radius 3 is 3.05 bits per heavy atom. The summed E-state index contributed by atoms with van der Waals surface area (Å²) >= 11 is 1.72. The van der Waals surface area contributed by atoms with Crippen LogP contribution in [0, 0.1) is 0 Å². The van der Waals surface area contributed by atoms with Crippen molar-refractivity contribution in [3.63, 3.8) is 0 Å². The van der Waals surface area contributed by atoms with Gasteiger partial charge in [-0.05, 0) is 20.3 Å². The second-order valence-electron chi connectivity index (χ2n) is 5.32. The summed E-state index contributed by atoms with van der Waals surface area (Å²) in [6, 6.07) is 0.963. The number of thiazole rings is 1. The van der Waals surface area contributed by atoms with Gasteiger partial charge in [0.2, 0.25) is 0 Å². The lowest BCUT2D eigenvalue weighted by atomic mass is 10.2. The molecule has 1 fully saturated rings. The third-order valence-electron chi connectivity index (χ3n) is 3.65. The van der Waals surface area contributed by atoms with Gasteiger partial charge in [-0.3, -0.25) is 4.90 Å². The van der Waals surface area contributed by atoms with E-state index in [1.165, 1.54) is 5.01 Å². The van der Waals surface area contributed by atoms with Gasteiger partial charge in [0, 0.05) is 37.3 Å². The Morgan fingerprint density at radius 2 is 2.42 bits per heavy atom. The standard InChI is InChI=1S/C14H25N3OS/c1-4-13(14-15-5-8-19-14)16-9-12-10-17(11(2)3)6-7-18-12/h5,8,11-13,16H,4,6-7,9-10H2,1-3H3. The van der Waals surface area contributed by atoms with Crippen LogP contribution in [-0.2, 0) is 4.74 Å². The number of nitrogens with zero attached hydrogens (tertiary/aromatic N) is 2. The molecule has 1 aliphatic rings. The van der Waals surface area contributed by atoms with E-state index in [9.17, 15) is 0 Å². The fourth-order valence-corrected chi connectivity index (χ4v) is 3.22. The van der Waals surface area contributed by atoms with Gasteiger partial charge in [0.1, 0.15) is 5.01 Å². The van der Waals surface area contributed by atoms with Crippen molar-refractivity contribution >= 4 is 11.3 Å². The van der Waals surface area contributed by atoms with Gasteiger partial charge in [0.05, 0.1) is 18.8 Å². The summed E-state index contributed by atoms with van der Waals surface area (Å²) in [5, 5.41) is 6.82. The first-order valence-electron chi connectivity index (χ1n) is 7.19. The number of morpholine rings is 1. The lowest BCUT2D eigenvalue weighted by molar-refractivity contribution is -0.0382. The molecule has 1 aliphatic heterocycles. The Morgan fingerprint density at radius 1 is 1.58 bits per heavy atom. The summed E-state index contributed by atoms with van der Waals surface area (Å²) in [5.74, 6) is 0. The second kappa shape index (κ2) is 7.33. The molecular formula is C14H25N3OS. The van der Waals surface area contributed by atoms with Crippen LogP contribution in [-0.4, -0.2) is 48.3 Å². The van der Waals surface area contributed by atoms with Crippen LogP contribution in [0.5, 0.6) is 0 Å². The van der Waals surface area contributed by atoms with E-state index in [0.29, 0.717) is 18.2 Å². The molecule has 2 rings (SSSR count). The molecule has 5 heteroatoms. The highest BCUT2D eigenvalue weighted by Gasteiger charge is 2.23. The fraction of sp³-hybridized carbons (Fsp3) is 0.786. The zero-order valence-electron chi connectivity index (χ0n) is 12.1. The molecule has 0 aliphatic carbocycles. The SMILES string of the molecule is CCC(NCC1CN(C(C)C)CCO1)c1nccs1. The van der Waals surface area contributed by atoms with Crippen molar-refractivity contribution in [3.8, 4) is 0 Å². The van der Waals surface area contributed by atoms with E-state index in [2.05, 4.69) is 36.0 Å². The maximum absolute atomic E-state index is 5.85. The van der Waals surface area contributed by atoms with E-state index < -0.39 is 0 Å². The van der Waals surface area contributed by atoms with E-state index in [1.807, 2.05) is 11.6 Å². The Kier molecular flexibility index (Phi) is 5.76. The largest absolute Gasteiger partial charge is 0.374 e. The zero-order valence-corrected chi connectivity index (χ0v) is 12.9. The van der Waals surface area contributed by atoms with Crippen LogP contribution >= 0.6 is 11.3 Å². The predicted octanol–water partition coefficient (Wildman–Crippen LogP) is 2.29. The third kappa shape index (κ3) is 4.24. The molecule has 108 valence electrons. The summed E-state index contributed by atoms with van der Waals surface area (Å²) in [5.41, 5.74) is 0. The number of rotatable bonds is 6. The van der Waals surface area contributed by atoms with E-state index in [0.717, 1.165) is 32.7 Å². The molecule has 0 saturated carbocycles. The molecule has 1 N–H and O–H groups in total. The van der Waals surface area contributed by atoms with Crippen LogP contribution < -0.4 is 5.32 Å². The Bertz CT molecular complexity index is 356. The van der Waals surface area contributed by atoms with E-state index in [-0.39, 0.29) is 0 Å². The number of hydrogen-bond donors (Lipinski definition) is 1. The molecule has 0 radical (unpaired) electrons. The molecule has 1 aromatic rings. The molecule has 1 saturated heterocycles. The summed E-state index contributed by atoms with van der Waals surface area (Å²) < 4.78 is 5.85. The summed E-state index contributed by atoms with van der Waals surface area (Å²) in [4.78, 5) is 6.89. The van der Waals surface area contributed by atoms with Crippen molar-refractivity contribution in [2.24, 2.45) is 0 Å². The highest BCUT2D eigenvalue weighted by Crippen LogP contribution is 2.19. The van der Waals surface area contributed by atoms with Crippen LogP contribution in [0.25, 0.3) is 0 Å². The lowest BCUT2D eigenvalue weighted by Crippen LogP contribution is -2.49. The van der Waals surface area contributed by atoms with Crippen LogP contribution in [0.2, 0.25) is 0 Å². The predicted molar refractivity (Wildman–Crippen MR) is 79.6 cm³/mol. The first-order chi connectivity index (χ1) is 9.20. The third-order valence-corrected chi connectivity index (χ3v) is 4.54. The summed E-state index contributed by atoms with van der Waals surface area (Å²) in [6.45, 7) is 10.5. The molecule has 2 unspecified atom stereocenters. The minimum atomic E-state index is 0.296. The summed E-state index contributed by atoms with van der Waals surface area (Å²) in [6.07, 6.45) is 3.24. The average Bonchev–Trinajstić information content (AvgIpc) is 2.94. The highest BCUT2D eigenvalue weighted by atomic mass is 32.1. The van der Waals surface area contributed by atoms with Crippen LogP contribution in [0.15, 0.2) is 11.6 Å². The molecule has 0 amide bonds. The fourth-order valence-electron chi connectivity index (χ4n) is 2.42. The van der Waals surface area contributed by atoms with Crippen LogP contribution in [0.3, 0.4) is 0 Å². The van der Waals surface area contributed by atoms with Gasteiger partial charge in [-0.15, -0.1) is 11.3 Å². The molecule has 1 aromatic heterocycles. The van der Waals surface area contributed by atoms with Crippen molar-refractivity contribution in [3.05, 3.63) is 16.6 Å². The van der Waals surface area contributed by atoms with Crippen molar-refractivity contribution < 1.29 is 4.74 Å². The molecule has 0 spiro atoms. The Hall–Kier alpha value is -0.490. The van der Waals surface area contributed by atoms with Gasteiger partial charge in [-0.2, -0.15) is 0 Å². The Labute approximate surface area is 120 Å². The first kappa shape index (κ1) is 14.9. The molecule has 2 atom stereocenters. The molecule has 4 nitrogen and oxygen atoms in total. The molecule has 0 aromatic carbocycles. The van der Waals surface area contributed by atoms with Gasteiger partial charge in [0.25, 0.3) is 0 Å². The van der Waals surface area contributed by atoms with E-state index in [1.54, 1.807) is 11.3 Å². The summed E-state index contributed by atoms with van der Waals surface area (Å²) in [7, 11) is 0. The molecular weight excluding hydrogens is 258 g/mol. The minimum Gasteiger partial charge on any atom is -0.374 e. The van der Waals surface area contributed by atoms with Gasteiger partial charge < -0.3 is 10.1 Å². The lowest BCUT2D eigenvalue weighted by Gasteiger charge is -2.36. The minimum absolute atomic E-state index is 0.296. The van der Waals surface area contributed by atoms with Crippen molar-refractivity contribution in [2.75, 3.05) is 26.2 Å². The Balaban J connectivity index is 1.81. The van der Waals surface area contributed by atoms with Crippen LogP contribution in [0.4, 0.5) is 0 Å². The first-order valence-corrected chi connectivity index (χ1v) is 8.07. The van der Waals surface area contributed by atoms with Crippen molar-refractivity contribution in [2.45, 2.75) is 45.4 Å². The maximum atomic E-state index is 5.85. The average molecular weight is 283 g/mol. The van der Waals surface area contributed by atoms with Gasteiger partial charge in [-0.1, -0.05) is 6.92 Å². The highest BCUT2D eigenvalue weighted by molar-refractivity contribution is 7.09. The van der Waals surface area contributed by atoms with E-state index >= 15 is 0 Å². The molecule has 2 heterocycles. The van der Waals surface area contributed by atoms with E-state index in [4.69, 9.17) is 4.74 Å². The second-order valence-corrected chi connectivity index (χ2v) is 6.25. The smallest absolute Gasteiger partial charge is 0.109 e. The number of hydrogen-bond acceptors (Lipinski definition) is 5.